The van der Waals surface area contributed by atoms with E-state index in [9.17, 15) is 4.79 Å². The zero-order valence-corrected chi connectivity index (χ0v) is 12.6. The summed E-state index contributed by atoms with van der Waals surface area (Å²) in [4.78, 5) is 10.7. The van der Waals surface area contributed by atoms with Crippen LogP contribution in [0.15, 0.2) is 36.4 Å². The molecule has 0 heterocycles. The Bertz CT molecular complexity index is 633. The second-order valence-corrected chi connectivity index (χ2v) is 5.48. The summed E-state index contributed by atoms with van der Waals surface area (Å²) in [5.41, 5.74) is 2.98. The lowest BCUT2D eigenvalue weighted by Gasteiger charge is -2.12. The number of benzene rings is 2. The first-order chi connectivity index (χ1) is 9.51. The first-order valence-electron chi connectivity index (χ1n) is 6.54. The third-order valence-electron chi connectivity index (χ3n) is 3.20. The molecule has 3 heteroatoms. The van der Waals surface area contributed by atoms with E-state index in [1.165, 1.54) is 11.1 Å². The number of carbonyl (C=O) groups excluding carboxylic acids is 1. The van der Waals surface area contributed by atoms with Gasteiger partial charge >= 0.3 is 0 Å². The predicted molar refractivity (Wildman–Crippen MR) is 82.2 cm³/mol. The Morgan fingerprint density at radius 1 is 1.10 bits per heavy atom. The van der Waals surface area contributed by atoms with Crippen molar-refractivity contribution in [2.75, 3.05) is 0 Å². The molecule has 0 fully saturated rings. The van der Waals surface area contributed by atoms with Gasteiger partial charge in [-0.25, -0.2) is 0 Å². The number of hydrogen-bond acceptors (Lipinski definition) is 2. The van der Waals surface area contributed by atoms with Gasteiger partial charge in [-0.3, -0.25) is 4.79 Å². The topological polar surface area (TPSA) is 26.3 Å². The molecule has 0 amide bonds. The minimum absolute atomic E-state index is 0.396. The summed E-state index contributed by atoms with van der Waals surface area (Å²) in [5.74, 6) is 1.88. The number of hydrogen-bond donors (Lipinski definition) is 0. The summed E-state index contributed by atoms with van der Waals surface area (Å²) in [6, 6.07) is 11.1. The molecule has 0 unspecified atom stereocenters. The van der Waals surface area contributed by atoms with E-state index in [4.69, 9.17) is 16.3 Å². The lowest BCUT2D eigenvalue weighted by atomic mass is 9.98. The van der Waals surface area contributed by atoms with Crippen molar-refractivity contribution in [1.82, 2.24) is 0 Å². The maximum Gasteiger partial charge on any atom is 0.151 e. The van der Waals surface area contributed by atoms with Gasteiger partial charge in [0, 0.05) is 11.6 Å². The van der Waals surface area contributed by atoms with Gasteiger partial charge in [0.1, 0.15) is 11.5 Å². The van der Waals surface area contributed by atoms with Crippen molar-refractivity contribution in [2.24, 2.45) is 0 Å². The van der Waals surface area contributed by atoms with Crippen molar-refractivity contribution in [3.8, 4) is 11.5 Å². The van der Waals surface area contributed by atoms with Crippen molar-refractivity contribution in [3.63, 3.8) is 0 Å². The summed E-state index contributed by atoms with van der Waals surface area (Å²) < 4.78 is 5.77. The number of ether oxygens (including phenoxy) is 1. The maximum absolute atomic E-state index is 10.7. The molecule has 104 valence electrons. The second kappa shape index (κ2) is 6.10. The summed E-state index contributed by atoms with van der Waals surface area (Å²) >= 11 is 5.98. The van der Waals surface area contributed by atoms with E-state index >= 15 is 0 Å². The molecule has 2 aromatic carbocycles. The predicted octanol–water partition coefficient (Wildman–Crippen LogP) is 5.38. The molecule has 0 spiro atoms. The highest BCUT2D eigenvalue weighted by Crippen LogP contribution is 2.29. The number of rotatable bonds is 4. The third kappa shape index (κ3) is 3.20. The minimum atomic E-state index is 0.396. The zero-order valence-electron chi connectivity index (χ0n) is 11.8. The van der Waals surface area contributed by atoms with E-state index in [1.807, 2.05) is 12.1 Å². The van der Waals surface area contributed by atoms with Crippen LogP contribution in [0.1, 0.15) is 41.3 Å². The van der Waals surface area contributed by atoms with Gasteiger partial charge in [-0.05, 0) is 48.2 Å². The van der Waals surface area contributed by atoms with Gasteiger partial charge in [0.05, 0.1) is 5.02 Å². The largest absolute Gasteiger partial charge is 0.457 e. The van der Waals surface area contributed by atoms with Crippen molar-refractivity contribution < 1.29 is 9.53 Å². The molecule has 0 saturated carbocycles. The molecule has 0 N–H and O–H groups in total. The average molecular weight is 289 g/mol. The summed E-state index contributed by atoms with van der Waals surface area (Å²) in [7, 11) is 0. The highest BCUT2D eigenvalue weighted by atomic mass is 35.5. The SMILES string of the molecule is Cc1cc(Oc2ccc(C=O)c(Cl)c2)ccc1C(C)C. The number of halogens is 1. The lowest BCUT2D eigenvalue weighted by Crippen LogP contribution is -1.93. The average Bonchev–Trinajstić information content (AvgIpc) is 2.38. The molecule has 20 heavy (non-hydrogen) atoms. The highest BCUT2D eigenvalue weighted by Gasteiger charge is 2.06. The fourth-order valence-corrected chi connectivity index (χ4v) is 2.38. The molecule has 2 nitrogen and oxygen atoms in total. The molecule has 0 aliphatic carbocycles. The van der Waals surface area contributed by atoms with Crippen LogP contribution in [0.4, 0.5) is 0 Å². The quantitative estimate of drug-likeness (QED) is 0.706. The molecule has 0 aromatic heterocycles. The minimum Gasteiger partial charge on any atom is -0.457 e. The Hall–Kier alpha value is -1.80. The first kappa shape index (κ1) is 14.6. The number of aryl methyl sites for hydroxylation is 1. The van der Waals surface area contributed by atoms with E-state index in [0.717, 1.165) is 12.0 Å². The van der Waals surface area contributed by atoms with Crippen LogP contribution < -0.4 is 4.74 Å². The van der Waals surface area contributed by atoms with Gasteiger partial charge in [-0.15, -0.1) is 0 Å². The second-order valence-electron chi connectivity index (χ2n) is 5.08. The molecule has 0 bridgehead atoms. The van der Waals surface area contributed by atoms with Crippen molar-refractivity contribution in [3.05, 3.63) is 58.1 Å². The molecule has 0 aliphatic heterocycles. The van der Waals surface area contributed by atoms with Crippen LogP contribution in [-0.2, 0) is 0 Å². The van der Waals surface area contributed by atoms with Crippen LogP contribution >= 0.6 is 11.6 Å². The monoisotopic (exact) mass is 288 g/mol. The smallest absolute Gasteiger partial charge is 0.151 e. The van der Waals surface area contributed by atoms with E-state index in [0.29, 0.717) is 22.3 Å². The third-order valence-corrected chi connectivity index (χ3v) is 3.53. The standard InChI is InChI=1S/C17H17ClO2/c1-11(2)16-7-6-14(8-12(16)3)20-15-5-4-13(10-19)17(18)9-15/h4-11H,1-3H3. The summed E-state index contributed by atoms with van der Waals surface area (Å²) in [5, 5.41) is 0.396. The Balaban J connectivity index is 2.24. The molecule has 0 aliphatic rings. The van der Waals surface area contributed by atoms with Crippen molar-refractivity contribution in [2.45, 2.75) is 26.7 Å². The molecular weight excluding hydrogens is 272 g/mol. The van der Waals surface area contributed by atoms with Gasteiger partial charge in [-0.2, -0.15) is 0 Å². The van der Waals surface area contributed by atoms with E-state index < -0.39 is 0 Å². The summed E-state index contributed by atoms with van der Waals surface area (Å²) in [6.07, 6.45) is 0.730. The normalized spacial score (nSPS) is 10.7. The Labute approximate surface area is 124 Å². The van der Waals surface area contributed by atoms with Gasteiger partial charge in [0.25, 0.3) is 0 Å². The van der Waals surface area contributed by atoms with Gasteiger partial charge in [-0.1, -0.05) is 31.5 Å². The lowest BCUT2D eigenvalue weighted by molar-refractivity contribution is 0.112. The van der Waals surface area contributed by atoms with Crippen LogP contribution in [-0.4, -0.2) is 6.29 Å². The zero-order chi connectivity index (χ0) is 14.7. The van der Waals surface area contributed by atoms with E-state index in [-0.39, 0.29) is 0 Å². The van der Waals surface area contributed by atoms with Crippen molar-refractivity contribution in [1.29, 1.82) is 0 Å². The molecule has 2 rings (SSSR count). The molecule has 0 saturated heterocycles. The molecule has 0 radical (unpaired) electrons. The maximum atomic E-state index is 10.7. The Morgan fingerprint density at radius 3 is 2.30 bits per heavy atom. The Morgan fingerprint density at radius 2 is 1.75 bits per heavy atom. The van der Waals surface area contributed by atoms with Crippen LogP contribution in [0.2, 0.25) is 5.02 Å². The first-order valence-corrected chi connectivity index (χ1v) is 6.92. The fourth-order valence-electron chi connectivity index (χ4n) is 2.16. The summed E-state index contributed by atoms with van der Waals surface area (Å²) in [6.45, 7) is 6.41. The van der Waals surface area contributed by atoms with Crippen LogP contribution in [0.25, 0.3) is 0 Å². The number of aldehydes is 1. The van der Waals surface area contributed by atoms with Crippen LogP contribution in [0.5, 0.6) is 11.5 Å². The van der Waals surface area contributed by atoms with Crippen molar-refractivity contribution >= 4 is 17.9 Å². The van der Waals surface area contributed by atoms with Gasteiger partial charge < -0.3 is 4.74 Å². The molecule has 0 atom stereocenters. The van der Waals surface area contributed by atoms with Crippen LogP contribution in [0.3, 0.4) is 0 Å². The molecule has 2 aromatic rings. The molecular formula is C17H17ClO2. The number of carbonyl (C=O) groups is 1. The van der Waals surface area contributed by atoms with E-state index in [1.54, 1.807) is 18.2 Å². The fraction of sp³-hybridized carbons (Fsp3) is 0.235. The van der Waals surface area contributed by atoms with E-state index in [2.05, 4.69) is 26.8 Å². The Kier molecular flexibility index (Phi) is 4.46. The van der Waals surface area contributed by atoms with Gasteiger partial charge in [0.15, 0.2) is 6.29 Å². The highest BCUT2D eigenvalue weighted by molar-refractivity contribution is 6.33. The van der Waals surface area contributed by atoms with Gasteiger partial charge in [0.2, 0.25) is 0 Å². The van der Waals surface area contributed by atoms with Crippen LogP contribution in [0, 0.1) is 6.92 Å².